The fourth-order valence-corrected chi connectivity index (χ4v) is 3.88. The second-order valence-corrected chi connectivity index (χ2v) is 7.63. The number of aromatic nitrogens is 4. The zero-order valence-corrected chi connectivity index (χ0v) is 17.1. The molecule has 1 aliphatic heterocycles. The van der Waals surface area contributed by atoms with Crippen molar-refractivity contribution in [3.8, 4) is 29.5 Å². The predicted octanol–water partition coefficient (Wildman–Crippen LogP) is 2.56. The van der Waals surface area contributed by atoms with Crippen LogP contribution in [0.5, 0.6) is 5.75 Å². The summed E-state index contributed by atoms with van der Waals surface area (Å²) in [6, 6.07) is 11.6. The fraction of sp³-hybridized carbons (Fsp3) is 0.261. The molecule has 1 N–H and O–H groups in total. The summed E-state index contributed by atoms with van der Waals surface area (Å²) in [6.07, 6.45) is 5.88. The van der Waals surface area contributed by atoms with Crippen LogP contribution in [0.2, 0.25) is 0 Å². The maximum absolute atomic E-state index is 13.0. The molecule has 1 aromatic carbocycles. The van der Waals surface area contributed by atoms with E-state index >= 15 is 0 Å². The molecule has 8 heteroatoms. The standard InChI is InChI=1S/C23H21N5O3/c1-3-10-30-17-6-4-16(5-7-17)13-27-9-8-18-21(14-27)24-22-12-19(25-28(22)23(18)29)20-11-15(2)31-26-20/h1,4-7,11-12,25H,8-10,13-14H2,2H3. The Kier molecular flexibility index (Phi) is 4.81. The van der Waals surface area contributed by atoms with E-state index in [1.165, 1.54) is 10.1 Å². The van der Waals surface area contributed by atoms with E-state index in [1.807, 2.05) is 43.3 Å². The number of nitrogens with zero attached hydrogens (tertiary/aromatic N) is 4. The molecule has 31 heavy (non-hydrogen) atoms. The largest absolute Gasteiger partial charge is 0.481 e. The van der Waals surface area contributed by atoms with E-state index in [0.29, 0.717) is 35.8 Å². The molecule has 156 valence electrons. The molecule has 0 spiro atoms. The molecule has 1 aliphatic rings. The summed E-state index contributed by atoms with van der Waals surface area (Å²) in [4.78, 5) is 20.1. The highest BCUT2D eigenvalue weighted by Gasteiger charge is 2.23. The molecule has 3 aromatic heterocycles. The van der Waals surface area contributed by atoms with Crippen LogP contribution in [0.1, 0.15) is 22.6 Å². The molecule has 0 unspecified atom stereocenters. The van der Waals surface area contributed by atoms with Crippen molar-refractivity contribution in [2.24, 2.45) is 0 Å². The van der Waals surface area contributed by atoms with Crippen LogP contribution in [0.3, 0.4) is 0 Å². The van der Waals surface area contributed by atoms with Gasteiger partial charge in [0.2, 0.25) is 0 Å². The molecule has 0 fully saturated rings. The molecule has 4 heterocycles. The third kappa shape index (κ3) is 3.71. The van der Waals surface area contributed by atoms with Crippen molar-refractivity contribution in [1.82, 2.24) is 24.7 Å². The Morgan fingerprint density at radius 3 is 2.87 bits per heavy atom. The summed E-state index contributed by atoms with van der Waals surface area (Å²) in [6.45, 7) is 4.28. The monoisotopic (exact) mass is 415 g/mol. The van der Waals surface area contributed by atoms with Crippen LogP contribution in [0, 0.1) is 19.3 Å². The molecule has 0 amide bonds. The number of rotatable bonds is 5. The van der Waals surface area contributed by atoms with Crippen LogP contribution in [-0.2, 0) is 19.5 Å². The Bertz CT molecular complexity index is 1340. The second-order valence-electron chi connectivity index (χ2n) is 7.63. The van der Waals surface area contributed by atoms with Gasteiger partial charge in [0, 0.05) is 37.3 Å². The topological polar surface area (TPSA) is 88.7 Å². The minimum Gasteiger partial charge on any atom is -0.481 e. The Hall–Kier alpha value is -3.83. The van der Waals surface area contributed by atoms with Crippen LogP contribution in [0.15, 0.2) is 45.7 Å². The lowest BCUT2D eigenvalue weighted by Crippen LogP contribution is -2.35. The fourth-order valence-electron chi connectivity index (χ4n) is 3.88. The maximum Gasteiger partial charge on any atom is 0.276 e. The number of benzene rings is 1. The molecule has 5 rings (SSSR count). The molecule has 0 saturated carbocycles. The molecule has 0 saturated heterocycles. The lowest BCUT2D eigenvalue weighted by atomic mass is 10.1. The van der Waals surface area contributed by atoms with Crippen LogP contribution in [-0.4, -0.2) is 37.8 Å². The molecule has 0 bridgehead atoms. The number of fused-ring (bicyclic) bond motifs is 2. The van der Waals surface area contributed by atoms with Gasteiger partial charge in [0.15, 0.2) is 5.65 Å². The molecule has 8 nitrogen and oxygen atoms in total. The van der Waals surface area contributed by atoms with Crippen molar-refractivity contribution in [2.45, 2.75) is 26.4 Å². The summed E-state index contributed by atoms with van der Waals surface area (Å²) in [5.74, 6) is 3.93. The van der Waals surface area contributed by atoms with Gasteiger partial charge in [-0.15, -0.1) is 6.42 Å². The van der Waals surface area contributed by atoms with E-state index in [4.69, 9.17) is 20.7 Å². The van der Waals surface area contributed by atoms with E-state index in [1.54, 1.807) is 0 Å². The van der Waals surface area contributed by atoms with Crippen molar-refractivity contribution in [2.75, 3.05) is 13.2 Å². The number of hydrogen-bond acceptors (Lipinski definition) is 6. The molecule has 0 aliphatic carbocycles. The highest BCUT2D eigenvalue weighted by atomic mass is 16.5. The summed E-state index contributed by atoms with van der Waals surface area (Å²) in [7, 11) is 0. The number of terminal acetylenes is 1. The van der Waals surface area contributed by atoms with E-state index in [9.17, 15) is 4.79 Å². The molecule has 0 atom stereocenters. The van der Waals surface area contributed by atoms with Gasteiger partial charge in [-0.3, -0.25) is 14.8 Å². The summed E-state index contributed by atoms with van der Waals surface area (Å²) < 4.78 is 12.1. The number of H-pyrrole nitrogens is 1. The van der Waals surface area contributed by atoms with E-state index in [2.05, 4.69) is 21.1 Å². The molecular weight excluding hydrogens is 394 g/mol. The number of aryl methyl sites for hydroxylation is 1. The van der Waals surface area contributed by atoms with Gasteiger partial charge in [-0.1, -0.05) is 23.2 Å². The average Bonchev–Trinajstić information content (AvgIpc) is 3.39. The zero-order chi connectivity index (χ0) is 21.4. The lowest BCUT2D eigenvalue weighted by Gasteiger charge is -2.27. The van der Waals surface area contributed by atoms with E-state index in [0.717, 1.165) is 30.1 Å². The van der Waals surface area contributed by atoms with Crippen LogP contribution >= 0.6 is 0 Å². The summed E-state index contributed by atoms with van der Waals surface area (Å²) in [5, 5.41) is 7.11. The molecule has 0 radical (unpaired) electrons. The molecular formula is C23H21N5O3. The number of hydrogen-bond donors (Lipinski definition) is 1. The van der Waals surface area contributed by atoms with Crippen LogP contribution in [0.4, 0.5) is 0 Å². The van der Waals surface area contributed by atoms with Crippen molar-refractivity contribution < 1.29 is 9.26 Å². The van der Waals surface area contributed by atoms with Crippen molar-refractivity contribution in [1.29, 1.82) is 0 Å². The first kappa shape index (κ1) is 19.2. The normalized spacial score (nSPS) is 13.8. The van der Waals surface area contributed by atoms with Gasteiger partial charge in [0.05, 0.1) is 11.4 Å². The smallest absolute Gasteiger partial charge is 0.276 e. The first-order valence-corrected chi connectivity index (χ1v) is 10.1. The minimum atomic E-state index is -0.0545. The van der Waals surface area contributed by atoms with Gasteiger partial charge in [0.1, 0.15) is 23.8 Å². The first-order valence-electron chi connectivity index (χ1n) is 10.1. The second kappa shape index (κ2) is 7.78. The Labute approximate surface area is 178 Å². The quantitative estimate of drug-likeness (QED) is 0.504. The van der Waals surface area contributed by atoms with Gasteiger partial charge >= 0.3 is 0 Å². The Balaban J connectivity index is 1.37. The van der Waals surface area contributed by atoms with Crippen LogP contribution in [0.25, 0.3) is 17.0 Å². The predicted molar refractivity (Wildman–Crippen MR) is 115 cm³/mol. The highest BCUT2D eigenvalue weighted by molar-refractivity contribution is 5.60. The van der Waals surface area contributed by atoms with Gasteiger partial charge < -0.3 is 9.26 Å². The zero-order valence-electron chi connectivity index (χ0n) is 17.1. The third-order valence-electron chi connectivity index (χ3n) is 5.40. The van der Waals surface area contributed by atoms with Gasteiger partial charge in [-0.2, -0.15) is 0 Å². The average molecular weight is 415 g/mol. The Morgan fingerprint density at radius 2 is 2.13 bits per heavy atom. The van der Waals surface area contributed by atoms with Crippen molar-refractivity contribution in [3.63, 3.8) is 0 Å². The van der Waals surface area contributed by atoms with E-state index < -0.39 is 0 Å². The maximum atomic E-state index is 13.0. The van der Waals surface area contributed by atoms with Crippen LogP contribution < -0.4 is 10.3 Å². The summed E-state index contributed by atoms with van der Waals surface area (Å²) >= 11 is 0. The number of nitrogens with one attached hydrogen (secondary N) is 1. The lowest BCUT2D eigenvalue weighted by molar-refractivity contribution is 0.240. The van der Waals surface area contributed by atoms with Crippen molar-refractivity contribution >= 4 is 5.65 Å². The Morgan fingerprint density at radius 1 is 1.29 bits per heavy atom. The first-order chi connectivity index (χ1) is 15.1. The molecule has 4 aromatic rings. The van der Waals surface area contributed by atoms with E-state index in [-0.39, 0.29) is 12.2 Å². The minimum absolute atomic E-state index is 0.0545. The SMILES string of the molecule is C#CCOc1ccc(CN2CCc3c(nc4cc(-c5cc(C)on5)[nH]n4c3=O)C2)cc1. The van der Waals surface area contributed by atoms with Gasteiger partial charge in [-0.25, -0.2) is 9.50 Å². The number of ether oxygens (including phenoxy) is 1. The van der Waals surface area contributed by atoms with Crippen molar-refractivity contribution in [3.05, 3.63) is 69.3 Å². The van der Waals surface area contributed by atoms with Gasteiger partial charge in [-0.05, 0) is 31.0 Å². The number of aromatic amines is 1. The summed E-state index contributed by atoms with van der Waals surface area (Å²) in [5.41, 5.74) is 4.63. The third-order valence-corrected chi connectivity index (χ3v) is 5.40. The highest BCUT2D eigenvalue weighted by Crippen LogP contribution is 2.22. The van der Waals surface area contributed by atoms with Gasteiger partial charge in [0.25, 0.3) is 5.56 Å².